The largest absolute Gasteiger partial charge is 0.462 e. The number of carbonyl (C=O) groups excluding carboxylic acids is 2. The Bertz CT molecular complexity index is 2540. The first-order valence-corrected chi connectivity index (χ1v) is 36.6. The maximum absolute atomic E-state index is 12.4. The van der Waals surface area contributed by atoms with Crippen LogP contribution in [0.4, 0.5) is 0 Å². The maximum Gasteiger partial charge on any atom is 0.309 e. The number of cyclic esters (lactones) is 2. The van der Waals surface area contributed by atoms with Crippen molar-refractivity contribution in [2.45, 2.75) is 151 Å². The van der Waals surface area contributed by atoms with Gasteiger partial charge in [-0.3, -0.25) is 19.6 Å². The fraction of sp³-hybridized carbons (Fsp3) is 0.562. The van der Waals surface area contributed by atoms with E-state index in [-0.39, 0.29) is 47.8 Å². The number of rotatable bonds is 17. The second kappa shape index (κ2) is 28.2. The van der Waals surface area contributed by atoms with E-state index in [4.69, 9.17) is 14.5 Å². The minimum atomic E-state index is -0.967. The summed E-state index contributed by atoms with van der Waals surface area (Å²) in [6.07, 6.45) is 23.3. The Kier molecular flexibility index (Phi) is 21.8. The molecule has 394 valence electrons. The molecule has 4 heterocycles. The van der Waals surface area contributed by atoms with E-state index in [1.54, 1.807) is 13.3 Å². The van der Waals surface area contributed by atoms with E-state index < -0.39 is 19.8 Å². The van der Waals surface area contributed by atoms with Gasteiger partial charge in [0.25, 0.3) is 0 Å². The molecular formula is C64H83BrN4O4Sn. The summed E-state index contributed by atoms with van der Waals surface area (Å²) in [6.45, 7) is 15.7. The number of hydrogen-bond donors (Lipinski definition) is 0. The number of nitrogens with zero attached hydrogens (tertiary/aromatic N) is 4. The molecule has 8 nitrogen and oxygen atoms in total. The molecule has 9 rings (SSSR count). The molecule has 74 heavy (non-hydrogen) atoms. The molecule has 10 heteroatoms. The van der Waals surface area contributed by atoms with Crippen molar-refractivity contribution in [2.75, 3.05) is 5.33 Å². The molecule has 4 aromatic rings. The number of carbonyl (C=O) groups is 2. The smallest absolute Gasteiger partial charge is 0.309 e. The standard InChI is InChI=1S/C26H27BrN2O2.C26H28N2O2.3C4H9.Sn.H/c1-16-13-24-25(17(2)31-26(24)30)23(21(16)11-12-27)10-9-20-8-7-19(15-29-20)22-6-4-3-5-18(22)14-28;1-15-11-23-24(16(2)30-26(23)29)25-17(8-10-21(15)25)12-20-9-7-19(14-28-20)22-6-4-3-5-18(22)13-27;3*1-3-4-2;;/h3-10,15-17,21,23-25H,11-13H2,1-2H3;3-7,9,14-17,21,23-25H,8,10-12H2,1-2H3;3*1,3-4H2,2H3;;/b10-9+;;;;;;/t16-,17+,21+,23-,24+,25-;15-,16+,17-,21+,23+,24+,25-;;;;;/m00...../s1. The number of alkyl halides is 1. The van der Waals surface area contributed by atoms with Gasteiger partial charge in [0, 0.05) is 57.5 Å². The van der Waals surface area contributed by atoms with Crippen molar-refractivity contribution >= 4 is 53.7 Å². The fourth-order valence-electron chi connectivity index (χ4n) is 14.1. The molecule has 0 unspecified atom stereocenters. The van der Waals surface area contributed by atoms with Gasteiger partial charge in [0.1, 0.15) is 12.2 Å². The van der Waals surface area contributed by atoms with Gasteiger partial charge in [0.05, 0.1) is 40.8 Å². The van der Waals surface area contributed by atoms with E-state index in [9.17, 15) is 20.1 Å². The molecule has 0 amide bonds. The first-order chi connectivity index (χ1) is 35.9. The third-order valence-electron chi connectivity index (χ3n) is 17.9. The Morgan fingerprint density at radius 3 is 1.74 bits per heavy atom. The van der Waals surface area contributed by atoms with Crippen molar-refractivity contribution in [1.29, 1.82) is 10.5 Å². The summed E-state index contributed by atoms with van der Waals surface area (Å²) in [6, 6.07) is 27.9. The zero-order valence-electron chi connectivity index (χ0n) is 45.4. The molecule has 2 aromatic carbocycles. The van der Waals surface area contributed by atoms with Gasteiger partial charge in [-0.25, -0.2) is 0 Å². The van der Waals surface area contributed by atoms with Crippen molar-refractivity contribution in [1.82, 2.24) is 9.97 Å². The number of fused-ring (bicyclic) bond motifs is 4. The number of nitriles is 2. The van der Waals surface area contributed by atoms with Gasteiger partial charge in [-0.1, -0.05) is 84.4 Å². The normalized spacial score (nSPS) is 28.6. The zero-order valence-corrected chi connectivity index (χ0v) is 50.3. The number of unbranched alkanes of at least 4 members (excludes halogenated alkanes) is 3. The van der Waals surface area contributed by atoms with E-state index in [0.717, 1.165) is 64.7 Å². The number of esters is 2. The topological polar surface area (TPSA) is 126 Å². The van der Waals surface area contributed by atoms with E-state index in [1.165, 1.54) is 51.4 Å². The van der Waals surface area contributed by atoms with Crippen LogP contribution in [0, 0.1) is 87.8 Å². The van der Waals surface area contributed by atoms with Gasteiger partial charge >= 0.3 is 104 Å². The summed E-state index contributed by atoms with van der Waals surface area (Å²) in [7, 11) is 0. The van der Waals surface area contributed by atoms with Gasteiger partial charge in [0.2, 0.25) is 0 Å². The van der Waals surface area contributed by atoms with Gasteiger partial charge in [-0.05, 0) is 124 Å². The van der Waals surface area contributed by atoms with Gasteiger partial charge < -0.3 is 9.47 Å². The number of halogens is 1. The van der Waals surface area contributed by atoms with Crippen molar-refractivity contribution in [3.05, 3.63) is 114 Å². The van der Waals surface area contributed by atoms with Crippen molar-refractivity contribution in [3.8, 4) is 34.4 Å². The second-order valence-corrected chi connectivity index (χ2v) is 33.2. The van der Waals surface area contributed by atoms with E-state index >= 15 is 0 Å². The molecule has 0 N–H and O–H groups in total. The van der Waals surface area contributed by atoms with E-state index in [0.29, 0.717) is 52.6 Å². The fourth-order valence-corrected chi connectivity index (χ4v) is 25.5. The molecule has 5 aliphatic rings. The van der Waals surface area contributed by atoms with Crippen LogP contribution in [0.2, 0.25) is 13.3 Å². The number of hydrogen-bond acceptors (Lipinski definition) is 8. The average Bonchev–Trinajstić information content (AvgIpc) is 4.07. The molecular weight excluding hydrogens is 1090 g/mol. The molecule has 0 spiro atoms. The average molecular weight is 1170 g/mol. The summed E-state index contributed by atoms with van der Waals surface area (Å²) in [4.78, 5) is 34.2. The molecule has 3 saturated carbocycles. The van der Waals surface area contributed by atoms with Crippen molar-refractivity contribution in [3.63, 3.8) is 0 Å². The minimum absolute atomic E-state index is 0.00374. The first-order valence-electron chi connectivity index (χ1n) is 28.5. The van der Waals surface area contributed by atoms with Crippen LogP contribution in [0.15, 0.2) is 91.3 Å². The number of benzene rings is 2. The van der Waals surface area contributed by atoms with E-state index in [1.807, 2.05) is 80.0 Å². The third-order valence-corrected chi connectivity index (χ3v) is 28.8. The molecule has 13 atom stereocenters. The third kappa shape index (κ3) is 14.0. The Hall–Kier alpha value is -4.32. The Labute approximate surface area is 459 Å². The molecule has 3 aliphatic carbocycles. The quantitative estimate of drug-likeness (QED) is 0.0581. The van der Waals surface area contributed by atoms with Crippen LogP contribution in [0.5, 0.6) is 0 Å². The van der Waals surface area contributed by atoms with Gasteiger partial charge in [-0.15, -0.1) is 0 Å². The molecule has 0 radical (unpaired) electrons. The second-order valence-electron chi connectivity index (χ2n) is 22.6. The summed E-state index contributed by atoms with van der Waals surface area (Å²) < 4.78 is 16.4. The van der Waals surface area contributed by atoms with Crippen LogP contribution < -0.4 is 0 Å². The summed E-state index contributed by atoms with van der Waals surface area (Å²) in [5, 5.41) is 19.7. The molecule has 2 aromatic heterocycles. The minimum Gasteiger partial charge on any atom is -0.462 e. The molecule has 5 fully saturated rings. The number of allylic oxidation sites excluding steroid dienone is 1. The van der Waals surface area contributed by atoms with Crippen LogP contribution in [-0.4, -0.2) is 59.2 Å². The summed E-state index contributed by atoms with van der Waals surface area (Å²) in [5.74, 6) is 4.38. The number of ether oxygens (including phenoxy) is 2. The summed E-state index contributed by atoms with van der Waals surface area (Å²) in [5.41, 5.74) is 7.04. The molecule has 2 saturated heterocycles. The van der Waals surface area contributed by atoms with Crippen molar-refractivity contribution < 1.29 is 19.1 Å². The monoisotopic (exact) mass is 1170 g/mol. The van der Waals surface area contributed by atoms with E-state index in [2.05, 4.69) is 98.9 Å². The zero-order chi connectivity index (χ0) is 52.7. The van der Waals surface area contributed by atoms with Crippen LogP contribution >= 0.6 is 15.9 Å². The van der Waals surface area contributed by atoms with Crippen LogP contribution in [-0.2, 0) is 25.5 Å². The van der Waals surface area contributed by atoms with Crippen LogP contribution in [0.25, 0.3) is 28.3 Å². The SMILES string of the molecule is CCC[CH2][SnH]([CH2]CCC)[CH2]CCC.C[C@H]1C[C@H]2C(=O)O[C@H](C)[C@H]2[C@@H](/C=C/c2ccc(-c3ccccc3C#N)cn2)[C@@H]1CCBr.C[C@H]1C[C@H]2C(=O)O[C@H](C)[C@H]2[C@H]2[C@H](Cc3ccc(-c4ccccc4C#N)cn3)CC[C@@H]21. The van der Waals surface area contributed by atoms with Crippen LogP contribution in [0.1, 0.15) is 142 Å². The molecule has 2 aliphatic heterocycles. The number of aromatic nitrogens is 2. The van der Waals surface area contributed by atoms with Gasteiger partial charge in [-0.2, -0.15) is 10.5 Å². The molecule has 0 bridgehead atoms. The van der Waals surface area contributed by atoms with Crippen LogP contribution in [0.3, 0.4) is 0 Å². The first kappa shape index (κ1) is 57.4. The predicted octanol–water partition coefficient (Wildman–Crippen LogP) is 15.5. The number of pyridine rings is 2. The Balaban J connectivity index is 0.000000176. The maximum atomic E-state index is 12.4. The van der Waals surface area contributed by atoms with Crippen molar-refractivity contribution in [2.24, 2.45) is 65.1 Å². The van der Waals surface area contributed by atoms with Gasteiger partial charge in [0.15, 0.2) is 0 Å². The predicted molar refractivity (Wildman–Crippen MR) is 306 cm³/mol. The Morgan fingerprint density at radius 2 is 1.22 bits per heavy atom. The Morgan fingerprint density at radius 1 is 0.676 bits per heavy atom. The summed E-state index contributed by atoms with van der Waals surface area (Å²) >= 11 is 2.65.